The second-order valence-corrected chi connectivity index (χ2v) is 9.38. The third-order valence-corrected chi connectivity index (χ3v) is 7.30. The third kappa shape index (κ3) is 3.66. The van der Waals surface area contributed by atoms with Crippen molar-refractivity contribution in [3.63, 3.8) is 0 Å². The topological polar surface area (TPSA) is 105 Å². The maximum absolute atomic E-state index is 13.3. The zero-order chi connectivity index (χ0) is 21.5. The van der Waals surface area contributed by atoms with Crippen LogP contribution in [0.1, 0.15) is 25.3 Å². The number of carbonyl (C=O) groups is 2. The highest BCUT2D eigenvalue weighted by molar-refractivity contribution is 7.89. The normalized spacial score (nSPS) is 21.5. The lowest BCUT2D eigenvalue weighted by Crippen LogP contribution is -2.43. The molecule has 2 aromatic rings. The summed E-state index contributed by atoms with van der Waals surface area (Å²) in [7, 11) is -3.93. The van der Waals surface area contributed by atoms with E-state index in [1.807, 2.05) is 25.1 Å². The van der Waals surface area contributed by atoms with E-state index in [0.717, 1.165) is 5.56 Å². The molecule has 2 amide bonds. The van der Waals surface area contributed by atoms with Crippen molar-refractivity contribution in [3.05, 3.63) is 48.0 Å². The molecule has 2 heterocycles. The molecule has 0 bridgehead atoms. The molecule has 0 saturated carbocycles. The quantitative estimate of drug-likeness (QED) is 0.777. The van der Waals surface area contributed by atoms with Gasteiger partial charge in [-0.25, -0.2) is 8.42 Å². The van der Waals surface area contributed by atoms with Gasteiger partial charge < -0.3 is 15.4 Å². The van der Waals surface area contributed by atoms with Gasteiger partial charge in [0.25, 0.3) is 5.91 Å². The summed E-state index contributed by atoms with van der Waals surface area (Å²) in [6, 6.07) is 10.9. The fraction of sp³-hybridized carbons (Fsp3) is 0.333. The Kier molecular flexibility index (Phi) is 5.25. The van der Waals surface area contributed by atoms with Gasteiger partial charge in [0.15, 0.2) is 6.10 Å². The number of fused-ring (bicyclic) bond motifs is 1. The Hall–Kier alpha value is -2.91. The lowest BCUT2D eigenvalue weighted by atomic mass is 10.1. The van der Waals surface area contributed by atoms with E-state index in [-0.39, 0.29) is 23.3 Å². The van der Waals surface area contributed by atoms with Crippen LogP contribution in [0.25, 0.3) is 0 Å². The Labute approximate surface area is 175 Å². The standard InChI is InChI=1S/C21H23N3O5S/c1-13-6-3-4-7-16(13)22-21(26)18-8-5-11-24(18)30(27,28)15-9-10-19-17(12-15)23-20(25)14(2)29-19/h3-4,6-7,9-10,12,14,18H,5,8,11H2,1-2H3,(H,22,26)(H,23,25)/t14-,18+/m1/s1. The van der Waals surface area contributed by atoms with Gasteiger partial charge in [0.2, 0.25) is 15.9 Å². The van der Waals surface area contributed by atoms with Crippen LogP contribution in [0.3, 0.4) is 0 Å². The van der Waals surface area contributed by atoms with E-state index in [2.05, 4.69) is 10.6 Å². The molecule has 2 aromatic carbocycles. The van der Waals surface area contributed by atoms with Crippen molar-refractivity contribution in [3.8, 4) is 5.75 Å². The summed E-state index contributed by atoms with van der Waals surface area (Å²) in [4.78, 5) is 24.7. The highest BCUT2D eigenvalue weighted by atomic mass is 32.2. The van der Waals surface area contributed by atoms with Gasteiger partial charge in [-0.05, 0) is 56.5 Å². The van der Waals surface area contributed by atoms with E-state index in [1.165, 1.54) is 22.5 Å². The van der Waals surface area contributed by atoms with Gasteiger partial charge in [0.05, 0.1) is 10.6 Å². The molecule has 2 atom stereocenters. The summed E-state index contributed by atoms with van der Waals surface area (Å²) in [5, 5.41) is 5.50. The lowest BCUT2D eigenvalue weighted by molar-refractivity contribution is -0.122. The molecular formula is C21H23N3O5S. The molecule has 30 heavy (non-hydrogen) atoms. The monoisotopic (exact) mass is 429 g/mol. The maximum atomic E-state index is 13.3. The minimum atomic E-state index is -3.93. The first-order valence-corrected chi connectivity index (χ1v) is 11.2. The molecule has 9 heteroatoms. The molecule has 1 saturated heterocycles. The van der Waals surface area contributed by atoms with Crippen LogP contribution in [-0.2, 0) is 19.6 Å². The molecule has 2 N–H and O–H groups in total. The number of para-hydroxylation sites is 1. The van der Waals surface area contributed by atoms with E-state index in [0.29, 0.717) is 30.0 Å². The number of hydrogen-bond acceptors (Lipinski definition) is 5. The Morgan fingerprint density at radius 3 is 2.77 bits per heavy atom. The number of nitrogens with zero attached hydrogens (tertiary/aromatic N) is 1. The average molecular weight is 429 g/mol. The average Bonchev–Trinajstić information content (AvgIpc) is 3.21. The highest BCUT2D eigenvalue weighted by Gasteiger charge is 2.40. The first-order chi connectivity index (χ1) is 14.3. The molecule has 0 radical (unpaired) electrons. The van der Waals surface area contributed by atoms with Crippen molar-refractivity contribution >= 4 is 33.2 Å². The van der Waals surface area contributed by atoms with Crippen LogP contribution in [-0.4, -0.2) is 43.2 Å². The predicted octanol–water partition coefficient (Wildman–Crippen LogP) is 2.51. The van der Waals surface area contributed by atoms with Gasteiger partial charge in [-0.3, -0.25) is 9.59 Å². The molecule has 1 fully saturated rings. The minimum absolute atomic E-state index is 0.00953. The van der Waals surface area contributed by atoms with E-state index in [1.54, 1.807) is 13.0 Å². The molecule has 0 aliphatic carbocycles. The minimum Gasteiger partial charge on any atom is -0.479 e. The summed E-state index contributed by atoms with van der Waals surface area (Å²) in [5.41, 5.74) is 1.87. The number of benzene rings is 2. The first-order valence-electron chi connectivity index (χ1n) is 9.77. The molecule has 0 unspecified atom stereocenters. The zero-order valence-corrected chi connectivity index (χ0v) is 17.5. The Balaban J connectivity index is 1.59. The first kappa shape index (κ1) is 20.4. The van der Waals surface area contributed by atoms with Gasteiger partial charge in [0, 0.05) is 12.2 Å². The number of sulfonamides is 1. The Morgan fingerprint density at radius 2 is 2.00 bits per heavy atom. The van der Waals surface area contributed by atoms with Gasteiger partial charge in [-0.2, -0.15) is 4.31 Å². The van der Waals surface area contributed by atoms with Gasteiger partial charge in [-0.1, -0.05) is 18.2 Å². The molecule has 4 rings (SSSR count). The summed E-state index contributed by atoms with van der Waals surface area (Å²) >= 11 is 0. The van der Waals surface area contributed by atoms with Crippen LogP contribution in [0.4, 0.5) is 11.4 Å². The third-order valence-electron chi connectivity index (χ3n) is 5.40. The van der Waals surface area contributed by atoms with Crippen molar-refractivity contribution in [2.45, 2.75) is 43.7 Å². The second-order valence-electron chi connectivity index (χ2n) is 7.49. The molecule has 158 valence electrons. The lowest BCUT2D eigenvalue weighted by Gasteiger charge is -2.26. The van der Waals surface area contributed by atoms with Crippen molar-refractivity contribution in [1.82, 2.24) is 4.31 Å². The van der Waals surface area contributed by atoms with E-state index in [9.17, 15) is 18.0 Å². The van der Waals surface area contributed by atoms with Crippen molar-refractivity contribution in [2.75, 3.05) is 17.2 Å². The number of nitrogens with one attached hydrogen (secondary N) is 2. The SMILES string of the molecule is Cc1ccccc1NC(=O)[C@@H]1CCCN1S(=O)(=O)c1ccc2c(c1)NC(=O)[C@@H](C)O2. The maximum Gasteiger partial charge on any atom is 0.265 e. The number of aryl methyl sites for hydroxylation is 1. The summed E-state index contributed by atoms with van der Waals surface area (Å²) in [6.45, 7) is 3.75. The van der Waals surface area contributed by atoms with Crippen LogP contribution >= 0.6 is 0 Å². The number of amides is 2. The van der Waals surface area contributed by atoms with Crippen LogP contribution in [0.2, 0.25) is 0 Å². The number of rotatable bonds is 4. The smallest absolute Gasteiger partial charge is 0.265 e. The number of anilines is 2. The second kappa shape index (κ2) is 7.73. The highest BCUT2D eigenvalue weighted by Crippen LogP contribution is 2.34. The molecule has 2 aliphatic heterocycles. The van der Waals surface area contributed by atoms with Crippen LogP contribution in [0, 0.1) is 6.92 Å². The van der Waals surface area contributed by atoms with Crippen LogP contribution in [0.5, 0.6) is 5.75 Å². The van der Waals surface area contributed by atoms with Crippen molar-refractivity contribution in [1.29, 1.82) is 0 Å². The largest absolute Gasteiger partial charge is 0.479 e. The van der Waals surface area contributed by atoms with E-state index in [4.69, 9.17) is 4.74 Å². The summed E-state index contributed by atoms with van der Waals surface area (Å²) in [6.07, 6.45) is 0.389. The molecular weight excluding hydrogens is 406 g/mol. The van der Waals surface area contributed by atoms with Crippen molar-refractivity contribution in [2.24, 2.45) is 0 Å². The molecule has 2 aliphatic rings. The number of ether oxygens (including phenoxy) is 1. The Bertz CT molecular complexity index is 1120. The van der Waals surface area contributed by atoms with E-state index < -0.39 is 22.2 Å². The van der Waals surface area contributed by atoms with E-state index >= 15 is 0 Å². The van der Waals surface area contributed by atoms with Gasteiger partial charge in [0.1, 0.15) is 11.8 Å². The molecule has 0 aromatic heterocycles. The summed E-state index contributed by atoms with van der Waals surface area (Å²) < 4.78 is 33.3. The molecule has 8 nitrogen and oxygen atoms in total. The van der Waals surface area contributed by atoms with Crippen LogP contribution in [0.15, 0.2) is 47.4 Å². The summed E-state index contributed by atoms with van der Waals surface area (Å²) in [5.74, 6) is -0.279. The van der Waals surface area contributed by atoms with Gasteiger partial charge in [-0.15, -0.1) is 0 Å². The molecule has 0 spiro atoms. The fourth-order valence-corrected chi connectivity index (χ4v) is 5.39. The van der Waals surface area contributed by atoms with Gasteiger partial charge >= 0.3 is 0 Å². The Morgan fingerprint density at radius 1 is 1.23 bits per heavy atom. The van der Waals surface area contributed by atoms with Crippen LogP contribution < -0.4 is 15.4 Å². The number of hydrogen-bond donors (Lipinski definition) is 2. The van der Waals surface area contributed by atoms with Crippen molar-refractivity contribution < 1.29 is 22.7 Å². The predicted molar refractivity (Wildman–Crippen MR) is 112 cm³/mol. The fourth-order valence-electron chi connectivity index (χ4n) is 3.70. The zero-order valence-electron chi connectivity index (χ0n) is 16.7. The number of carbonyl (C=O) groups excluding carboxylic acids is 2.